The zero-order valence-electron chi connectivity index (χ0n) is 30.1. The van der Waals surface area contributed by atoms with E-state index in [-0.39, 0.29) is 0 Å². The summed E-state index contributed by atoms with van der Waals surface area (Å²) in [6, 6.07) is 61.9. The molecule has 4 aromatic heterocycles. The summed E-state index contributed by atoms with van der Waals surface area (Å²) < 4.78 is 8.93. The number of rotatable bonds is 6. The minimum atomic E-state index is 0.667. The standard InChI is InChI=1S/C51H31N3OS/c1-2-11-33(12-3-1)43-30-44(54-51(53-43)34-24-22-32(23-25-34)35-13-10-26-52-31-35)38-28-36(39-16-8-19-46-49(39)41-14-4-6-18-45(41)55-46)27-37(29-38)40-17-9-21-48-50(40)42-15-5-7-20-47(42)56-48/h1-31H. The SMILES string of the molecule is c1ccc(-c2cc(-c3cc(-c4cccc5oc6ccccc6c45)cc(-c4cccc5sc6ccccc6c45)c3)nc(-c3ccc(-c4cccnc4)cc3)n2)cc1. The highest BCUT2D eigenvalue weighted by atomic mass is 32.1. The largest absolute Gasteiger partial charge is 0.456 e. The predicted octanol–water partition coefficient (Wildman–Crippen LogP) is 14.1. The molecule has 0 bridgehead atoms. The van der Waals surface area contributed by atoms with Gasteiger partial charge in [0.1, 0.15) is 11.2 Å². The third kappa shape index (κ3) is 5.56. The van der Waals surface area contributed by atoms with Gasteiger partial charge >= 0.3 is 0 Å². The smallest absolute Gasteiger partial charge is 0.160 e. The molecule has 0 saturated carbocycles. The van der Waals surface area contributed by atoms with Crippen molar-refractivity contribution in [3.05, 3.63) is 188 Å². The third-order valence-electron chi connectivity index (χ3n) is 10.6. The Kier molecular flexibility index (Phi) is 7.64. The molecule has 0 saturated heterocycles. The molecule has 0 N–H and O–H groups in total. The molecule has 4 heterocycles. The molecule has 11 aromatic rings. The summed E-state index contributed by atoms with van der Waals surface area (Å²) in [7, 11) is 0. The maximum absolute atomic E-state index is 6.38. The Labute approximate surface area is 327 Å². The van der Waals surface area contributed by atoms with Gasteiger partial charge in [0.05, 0.1) is 11.4 Å². The normalized spacial score (nSPS) is 11.6. The summed E-state index contributed by atoms with van der Waals surface area (Å²) in [5.74, 6) is 0.667. The highest BCUT2D eigenvalue weighted by Crippen LogP contribution is 2.44. The Balaban J connectivity index is 1.16. The average Bonchev–Trinajstić information content (AvgIpc) is 3.86. The van der Waals surface area contributed by atoms with Gasteiger partial charge in [0, 0.05) is 60.0 Å². The van der Waals surface area contributed by atoms with Crippen molar-refractivity contribution in [3.63, 3.8) is 0 Å². The van der Waals surface area contributed by atoms with Crippen molar-refractivity contribution >= 4 is 53.4 Å². The van der Waals surface area contributed by atoms with Gasteiger partial charge in [-0.05, 0) is 88.0 Å². The first-order valence-electron chi connectivity index (χ1n) is 18.7. The number of benzene rings is 7. The third-order valence-corrected chi connectivity index (χ3v) is 11.7. The van der Waals surface area contributed by atoms with Gasteiger partial charge in [-0.1, -0.05) is 121 Å². The molecule has 0 aliphatic heterocycles. The van der Waals surface area contributed by atoms with Crippen LogP contribution in [0.2, 0.25) is 0 Å². The van der Waals surface area contributed by atoms with E-state index in [4.69, 9.17) is 14.4 Å². The molecule has 0 spiro atoms. The van der Waals surface area contributed by atoms with Crippen molar-refractivity contribution in [1.29, 1.82) is 0 Å². The second-order valence-corrected chi connectivity index (χ2v) is 15.1. The monoisotopic (exact) mass is 733 g/mol. The number of fused-ring (bicyclic) bond motifs is 6. The summed E-state index contributed by atoms with van der Waals surface area (Å²) in [4.78, 5) is 14.8. The quantitative estimate of drug-likeness (QED) is 0.171. The summed E-state index contributed by atoms with van der Waals surface area (Å²) in [5.41, 5.74) is 13.1. The Bertz CT molecular complexity index is 3110. The van der Waals surface area contributed by atoms with E-state index >= 15 is 0 Å². The second-order valence-electron chi connectivity index (χ2n) is 14.0. The molecule has 0 radical (unpaired) electrons. The van der Waals surface area contributed by atoms with Crippen molar-refractivity contribution in [1.82, 2.24) is 15.0 Å². The first kappa shape index (κ1) is 32.2. The molecule has 0 aliphatic carbocycles. The van der Waals surface area contributed by atoms with E-state index in [9.17, 15) is 0 Å². The van der Waals surface area contributed by atoms with Crippen molar-refractivity contribution < 1.29 is 4.42 Å². The number of hydrogen-bond acceptors (Lipinski definition) is 5. The van der Waals surface area contributed by atoms with E-state index in [0.29, 0.717) is 5.82 Å². The van der Waals surface area contributed by atoms with Crippen LogP contribution < -0.4 is 0 Å². The van der Waals surface area contributed by atoms with Crippen molar-refractivity contribution in [2.45, 2.75) is 0 Å². The fourth-order valence-electron chi connectivity index (χ4n) is 7.94. The fourth-order valence-corrected chi connectivity index (χ4v) is 9.08. The number of nitrogens with zero attached hydrogens (tertiary/aromatic N) is 3. The van der Waals surface area contributed by atoms with E-state index < -0.39 is 0 Å². The lowest BCUT2D eigenvalue weighted by molar-refractivity contribution is 0.669. The number of para-hydroxylation sites is 1. The zero-order valence-corrected chi connectivity index (χ0v) is 30.9. The number of pyridine rings is 1. The first-order chi connectivity index (χ1) is 27.7. The molecule has 11 rings (SSSR count). The van der Waals surface area contributed by atoms with Gasteiger partial charge in [0.2, 0.25) is 0 Å². The molecule has 0 atom stereocenters. The number of hydrogen-bond donors (Lipinski definition) is 0. The summed E-state index contributed by atoms with van der Waals surface area (Å²) >= 11 is 1.84. The molecular formula is C51H31N3OS. The Morgan fingerprint density at radius 1 is 0.393 bits per heavy atom. The molecule has 5 heteroatoms. The molecule has 4 nitrogen and oxygen atoms in total. The lowest BCUT2D eigenvalue weighted by Crippen LogP contribution is -1.97. The molecule has 7 aromatic carbocycles. The predicted molar refractivity (Wildman–Crippen MR) is 233 cm³/mol. The number of thiophene rings is 1. The van der Waals surface area contributed by atoms with Crippen LogP contribution in [0, 0.1) is 0 Å². The topological polar surface area (TPSA) is 51.8 Å². The number of aromatic nitrogens is 3. The van der Waals surface area contributed by atoms with Crippen LogP contribution in [-0.2, 0) is 0 Å². The average molecular weight is 734 g/mol. The fraction of sp³-hybridized carbons (Fsp3) is 0. The van der Waals surface area contributed by atoms with E-state index in [1.165, 1.54) is 25.7 Å². The van der Waals surface area contributed by atoms with Crippen molar-refractivity contribution in [3.8, 4) is 67.3 Å². The van der Waals surface area contributed by atoms with Crippen LogP contribution in [0.4, 0.5) is 0 Å². The van der Waals surface area contributed by atoms with Gasteiger partial charge in [0.15, 0.2) is 5.82 Å². The molecule has 0 unspecified atom stereocenters. The van der Waals surface area contributed by atoms with Gasteiger partial charge in [0.25, 0.3) is 0 Å². The van der Waals surface area contributed by atoms with Gasteiger partial charge in [-0.3, -0.25) is 4.98 Å². The van der Waals surface area contributed by atoms with Crippen LogP contribution in [0.3, 0.4) is 0 Å². The molecule has 262 valence electrons. The van der Waals surface area contributed by atoms with Crippen LogP contribution >= 0.6 is 11.3 Å². The molecule has 56 heavy (non-hydrogen) atoms. The Morgan fingerprint density at radius 3 is 1.82 bits per heavy atom. The van der Waals surface area contributed by atoms with E-state index in [2.05, 4.69) is 157 Å². The van der Waals surface area contributed by atoms with Crippen LogP contribution in [0.1, 0.15) is 0 Å². The molecule has 0 aliphatic rings. The molecule has 0 amide bonds. The lowest BCUT2D eigenvalue weighted by Gasteiger charge is -2.14. The van der Waals surface area contributed by atoms with Gasteiger partial charge < -0.3 is 4.42 Å². The maximum Gasteiger partial charge on any atom is 0.160 e. The van der Waals surface area contributed by atoms with Crippen molar-refractivity contribution in [2.24, 2.45) is 0 Å². The molecular weight excluding hydrogens is 703 g/mol. The van der Waals surface area contributed by atoms with Gasteiger partial charge in [-0.15, -0.1) is 11.3 Å². The highest BCUT2D eigenvalue weighted by molar-refractivity contribution is 7.25. The Hall–Kier alpha value is -7.21. The van der Waals surface area contributed by atoms with E-state index in [1.807, 2.05) is 41.8 Å². The lowest BCUT2D eigenvalue weighted by atomic mass is 9.91. The second kappa shape index (κ2) is 13.3. The number of furan rings is 1. The minimum Gasteiger partial charge on any atom is -0.456 e. The van der Waals surface area contributed by atoms with Crippen LogP contribution in [0.15, 0.2) is 193 Å². The van der Waals surface area contributed by atoms with E-state index in [1.54, 1.807) is 6.20 Å². The minimum absolute atomic E-state index is 0.667. The summed E-state index contributed by atoms with van der Waals surface area (Å²) in [5, 5.41) is 4.74. The summed E-state index contributed by atoms with van der Waals surface area (Å²) in [6.07, 6.45) is 3.68. The van der Waals surface area contributed by atoms with Crippen LogP contribution in [-0.4, -0.2) is 15.0 Å². The van der Waals surface area contributed by atoms with Gasteiger partial charge in [-0.25, -0.2) is 9.97 Å². The van der Waals surface area contributed by atoms with Crippen molar-refractivity contribution in [2.75, 3.05) is 0 Å². The van der Waals surface area contributed by atoms with Gasteiger partial charge in [-0.2, -0.15) is 0 Å². The summed E-state index contributed by atoms with van der Waals surface area (Å²) in [6.45, 7) is 0. The maximum atomic E-state index is 6.38. The van der Waals surface area contributed by atoms with Crippen LogP contribution in [0.5, 0.6) is 0 Å². The van der Waals surface area contributed by atoms with E-state index in [0.717, 1.165) is 77.8 Å². The molecule has 0 fully saturated rings. The Morgan fingerprint density at radius 2 is 1.02 bits per heavy atom. The first-order valence-corrected chi connectivity index (χ1v) is 19.5. The highest BCUT2D eigenvalue weighted by Gasteiger charge is 2.18. The van der Waals surface area contributed by atoms with Crippen LogP contribution in [0.25, 0.3) is 109 Å². The zero-order chi connectivity index (χ0) is 37.0.